The van der Waals surface area contributed by atoms with Crippen LogP contribution in [0.1, 0.15) is 65.7 Å². The summed E-state index contributed by atoms with van der Waals surface area (Å²) >= 11 is 0. The van der Waals surface area contributed by atoms with Gasteiger partial charge in [-0.2, -0.15) is 0 Å². The molecule has 4 N–H and O–H groups in total. The molecule has 180 valence electrons. The first-order valence-electron chi connectivity index (χ1n) is 11.8. The van der Waals surface area contributed by atoms with E-state index in [1.807, 2.05) is 6.92 Å². The SMILES string of the molecule is C/C(=C\CC[C@]1(C)C(=O)C=CC23CC4CC(OC4(C)C2)C31)C(=O)N[C@@H](CCC(N)=O)C(=O)O. The molecule has 0 aromatic carbocycles. The Labute approximate surface area is 194 Å². The summed E-state index contributed by atoms with van der Waals surface area (Å²) in [5.41, 5.74) is 4.86. The van der Waals surface area contributed by atoms with Crippen molar-refractivity contribution in [3.63, 3.8) is 0 Å². The van der Waals surface area contributed by atoms with Crippen LogP contribution in [0, 0.1) is 22.7 Å². The van der Waals surface area contributed by atoms with Crippen molar-refractivity contribution < 1.29 is 29.0 Å². The van der Waals surface area contributed by atoms with Crippen LogP contribution < -0.4 is 11.1 Å². The van der Waals surface area contributed by atoms with E-state index in [9.17, 15) is 24.3 Å². The number of rotatable bonds is 9. The van der Waals surface area contributed by atoms with Gasteiger partial charge in [-0.25, -0.2) is 4.79 Å². The van der Waals surface area contributed by atoms with Gasteiger partial charge >= 0.3 is 5.97 Å². The van der Waals surface area contributed by atoms with Crippen LogP contribution in [-0.4, -0.2) is 46.4 Å². The molecule has 1 spiro atoms. The second kappa shape index (κ2) is 8.08. The summed E-state index contributed by atoms with van der Waals surface area (Å²) in [6.45, 7) is 5.87. The standard InChI is InChI=1S/C25H34N2O6/c1-14(21(30)27-16(22(31)32)6-7-19(26)29)5-4-9-23(2)18(28)8-10-25-12-15-11-17(20(23)25)33-24(15,3)13-25/h5,8,10,15-17,20H,4,6-7,9,11-13H2,1-3H3,(H2,26,29)(H,27,30)(H,31,32)/b14-5+/t15?,16-,17?,20?,23+,24?,25?/m0/s1. The number of hydrogen-bond donors (Lipinski definition) is 3. The predicted octanol–water partition coefficient (Wildman–Crippen LogP) is 2.27. The van der Waals surface area contributed by atoms with Crippen LogP contribution in [0.4, 0.5) is 0 Å². The Morgan fingerprint density at radius 3 is 2.73 bits per heavy atom. The molecule has 8 heteroatoms. The third kappa shape index (κ3) is 3.92. The minimum atomic E-state index is -1.21. The number of carboxylic acid groups (broad SMARTS) is 1. The Morgan fingerprint density at radius 2 is 2.09 bits per heavy atom. The Morgan fingerprint density at radius 1 is 1.36 bits per heavy atom. The Bertz CT molecular complexity index is 957. The minimum absolute atomic E-state index is 0.0223. The summed E-state index contributed by atoms with van der Waals surface area (Å²) < 4.78 is 6.46. The lowest BCUT2D eigenvalue weighted by atomic mass is 9.51. The molecular weight excluding hydrogens is 424 g/mol. The van der Waals surface area contributed by atoms with Crippen molar-refractivity contribution in [2.75, 3.05) is 0 Å². The Hall–Kier alpha value is -2.48. The lowest BCUT2D eigenvalue weighted by Crippen LogP contribution is -2.56. The molecule has 5 unspecified atom stereocenters. The fourth-order valence-electron chi connectivity index (χ4n) is 7.14. The molecule has 8 nitrogen and oxygen atoms in total. The molecule has 2 aliphatic heterocycles. The molecule has 2 amide bonds. The summed E-state index contributed by atoms with van der Waals surface area (Å²) in [4.78, 5) is 47.9. The minimum Gasteiger partial charge on any atom is -0.480 e. The number of ketones is 1. The molecule has 0 aromatic heterocycles. The number of ether oxygens (including phenoxy) is 1. The number of primary amides is 1. The van der Waals surface area contributed by atoms with Crippen molar-refractivity contribution in [2.24, 2.45) is 28.4 Å². The van der Waals surface area contributed by atoms with Gasteiger partial charge < -0.3 is 20.9 Å². The zero-order chi connectivity index (χ0) is 24.2. The van der Waals surface area contributed by atoms with Crippen LogP contribution in [0.3, 0.4) is 0 Å². The summed E-state index contributed by atoms with van der Waals surface area (Å²) in [7, 11) is 0. The normalized spacial score (nSPS) is 39.4. The third-order valence-electron chi connectivity index (χ3n) is 8.67. The topological polar surface area (TPSA) is 136 Å². The van der Waals surface area contributed by atoms with E-state index < -0.39 is 29.2 Å². The van der Waals surface area contributed by atoms with Crippen LogP contribution in [0.25, 0.3) is 0 Å². The maximum absolute atomic E-state index is 13.1. The van der Waals surface area contributed by atoms with Gasteiger partial charge in [-0.15, -0.1) is 0 Å². The molecule has 0 radical (unpaired) electrons. The monoisotopic (exact) mass is 458 g/mol. The van der Waals surface area contributed by atoms with Gasteiger partial charge in [0.25, 0.3) is 0 Å². The second-order valence-corrected chi connectivity index (χ2v) is 10.9. The molecule has 4 bridgehead atoms. The van der Waals surface area contributed by atoms with Gasteiger partial charge in [0.15, 0.2) is 5.78 Å². The predicted molar refractivity (Wildman–Crippen MR) is 120 cm³/mol. The maximum atomic E-state index is 13.1. The molecule has 4 fully saturated rings. The Balaban J connectivity index is 1.42. The van der Waals surface area contributed by atoms with E-state index in [0.29, 0.717) is 24.3 Å². The van der Waals surface area contributed by atoms with E-state index in [4.69, 9.17) is 10.5 Å². The summed E-state index contributed by atoms with van der Waals surface area (Å²) in [6.07, 6.45) is 9.76. The molecule has 33 heavy (non-hydrogen) atoms. The van der Waals surface area contributed by atoms with Gasteiger partial charge in [0.1, 0.15) is 6.04 Å². The fraction of sp³-hybridized carbons (Fsp3) is 0.680. The highest BCUT2D eigenvalue weighted by Gasteiger charge is 2.71. The Kier molecular flexibility index (Phi) is 5.79. The average molecular weight is 459 g/mol. The highest BCUT2D eigenvalue weighted by molar-refractivity contribution is 5.97. The highest BCUT2D eigenvalue weighted by Crippen LogP contribution is 2.71. The van der Waals surface area contributed by atoms with Crippen molar-refractivity contribution in [1.82, 2.24) is 5.32 Å². The zero-order valence-electron chi connectivity index (χ0n) is 19.6. The summed E-state index contributed by atoms with van der Waals surface area (Å²) in [5, 5.41) is 11.7. The van der Waals surface area contributed by atoms with Crippen LogP contribution >= 0.6 is 0 Å². The number of carbonyl (C=O) groups excluding carboxylic acids is 3. The van der Waals surface area contributed by atoms with Crippen LogP contribution in [0.2, 0.25) is 0 Å². The van der Waals surface area contributed by atoms with E-state index >= 15 is 0 Å². The number of allylic oxidation sites excluding steroid dienone is 3. The van der Waals surface area contributed by atoms with E-state index in [2.05, 4.69) is 18.3 Å². The van der Waals surface area contributed by atoms with Crippen molar-refractivity contribution >= 4 is 23.6 Å². The fourth-order valence-corrected chi connectivity index (χ4v) is 7.14. The average Bonchev–Trinajstić information content (AvgIpc) is 3.09. The van der Waals surface area contributed by atoms with E-state index in [0.717, 1.165) is 19.3 Å². The van der Waals surface area contributed by atoms with Crippen LogP contribution in [-0.2, 0) is 23.9 Å². The van der Waals surface area contributed by atoms with E-state index in [-0.39, 0.29) is 41.7 Å². The van der Waals surface area contributed by atoms with Gasteiger partial charge in [-0.05, 0) is 69.8 Å². The first kappa shape index (κ1) is 23.7. The molecule has 7 atom stereocenters. The van der Waals surface area contributed by atoms with Gasteiger partial charge in [0.05, 0.1) is 11.7 Å². The first-order chi connectivity index (χ1) is 15.4. The van der Waals surface area contributed by atoms with E-state index in [1.165, 1.54) is 0 Å². The quantitative estimate of drug-likeness (QED) is 0.454. The van der Waals surface area contributed by atoms with E-state index in [1.54, 1.807) is 19.1 Å². The zero-order valence-corrected chi connectivity index (χ0v) is 19.6. The molecule has 5 rings (SSSR count). The number of carbonyl (C=O) groups is 4. The summed E-state index contributed by atoms with van der Waals surface area (Å²) in [5.74, 6) is -1.52. The highest BCUT2D eigenvalue weighted by atomic mass is 16.5. The smallest absolute Gasteiger partial charge is 0.326 e. The first-order valence-corrected chi connectivity index (χ1v) is 11.8. The second-order valence-electron chi connectivity index (χ2n) is 10.9. The molecule has 2 saturated heterocycles. The number of nitrogens with two attached hydrogens (primary N) is 1. The summed E-state index contributed by atoms with van der Waals surface area (Å²) in [6, 6.07) is -1.18. The van der Waals surface area contributed by atoms with Gasteiger partial charge in [0.2, 0.25) is 11.8 Å². The van der Waals surface area contributed by atoms with Crippen molar-refractivity contribution in [2.45, 2.75) is 83.5 Å². The maximum Gasteiger partial charge on any atom is 0.326 e. The van der Waals surface area contributed by atoms with Crippen molar-refractivity contribution in [3.05, 3.63) is 23.8 Å². The van der Waals surface area contributed by atoms with Crippen LogP contribution in [0.5, 0.6) is 0 Å². The van der Waals surface area contributed by atoms with Crippen molar-refractivity contribution in [1.29, 1.82) is 0 Å². The lowest BCUT2D eigenvalue weighted by Gasteiger charge is -2.55. The number of aliphatic carboxylic acids is 1. The molecule has 2 heterocycles. The molecular formula is C25H34N2O6. The van der Waals surface area contributed by atoms with Crippen molar-refractivity contribution in [3.8, 4) is 0 Å². The van der Waals surface area contributed by atoms with Crippen LogP contribution in [0.15, 0.2) is 23.8 Å². The number of carboxylic acids is 1. The number of nitrogens with one attached hydrogen (secondary N) is 1. The molecule has 2 saturated carbocycles. The lowest BCUT2D eigenvalue weighted by molar-refractivity contribution is -0.168. The van der Waals surface area contributed by atoms with Gasteiger partial charge in [0, 0.05) is 23.3 Å². The third-order valence-corrected chi connectivity index (χ3v) is 8.67. The van der Waals surface area contributed by atoms with Gasteiger partial charge in [-0.3, -0.25) is 14.4 Å². The number of hydrogen-bond acceptors (Lipinski definition) is 5. The molecule has 5 aliphatic rings. The molecule has 3 aliphatic carbocycles. The molecule has 0 aromatic rings. The largest absolute Gasteiger partial charge is 0.480 e. The number of amides is 2. The van der Waals surface area contributed by atoms with Gasteiger partial charge in [-0.1, -0.05) is 19.1 Å².